The topological polar surface area (TPSA) is 47.4 Å². The van der Waals surface area contributed by atoms with Gasteiger partial charge in [0.25, 0.3) is 5.91 Å². The van der Waals surface area contributed by atoms with Crippen LogP contribution in [-0.2, 0) is 6.54 Å². The zero-order valence-corrected chi connectivity index (χ0v) is 19.6. The SMILES string of the molecule is Cc1cccc(Oc2c(CN(CC3CC3)C(=O)c3ccccc3)c(C)nn2-c2ccccc2)c1. The number of ether oxygens (including phenoxy) is 1. The van der Waals surface area contributed by atoms with E-state index in [1.807, 2.05) is 108 Å². The first-order valence-electron chi connectivity index (χ1n) is 11.8. The first-order valence-corrected chi connectivity index (χ1v) is 11.8. The molecule has 0 saturated heterocycles. The second-order valence-corrected chi connectivity index (χ2v) is 9.03. The summed E-state index contributed by atoms with van der Waals surface area (Å²) in [6, 6.07) is 27.5. The summed E-state index contributed by atoms with van der Waals surface area (Å²) in [5, 5.41) is 4.83. The number of hydrogen-bond donors (Lipinski definition) is 0. The van der Waals surface area contributed by atoms with Crippen LogP contribution in [0.25, 0.3) is 5.69 Å². The number of benzene rings is 3. The Morgan fingerprint density at radius 3 is 2.35 bits per heavy atom. The Kier molecular flexibility index (Phi) is 6.17. The van der Waals surface area contributed by atoms with Crippen molar-refractivity contribution < 1.29 is 9.53 Å². The summed E-state index contributed by atoms with van der Waals surface area (Å²) in [5.74, 6) is 2.01. The van der Waals surface area contributed by atoms with E-state index < -0.39 is 0 Å². The molecule has 0 bridgehead atoms. The molecule has 1 saturated carbocycles. The fraction of sp³-hybridized carbons (Fsp3) is 0.241. The van der Waals surface area contributed by atoms with Crippen molar-refractivity contribution in [2.24, 2.45) is 5.92 Å². The number of hydrogen-bond acceptors (Lipinski definition) is 3. The van der Waals surface area contributed by atoms with Gasteiger partial charge in [0.05, 0.1) is 23.5 Å². The zero-order chi connectivity index (χ0) is 23.5. The maximum Gasteiger partial charge on any atom is 0.254 e. The van der Waals surface area contributed by atoms with Crippen LogP contribution in [0.3, 0.4) is 0 Å². The third kappa shape index (κ3) is 4.88. The molecule has 0 N–H and O–H groups in total. The van der Waals surface area contributed by atoms with E-state index in [1.54, 1.807) is 0 Å². The average Bonchev–Trinajstić information content (AvgIpc) is 3.63. The molecule has 34 heavy (non-hydrogen) atoms. The Morgan fingerprint density at radius 2 is 1.68 bits per heavy atom. The van der Waals surface area contributed by atoms with E-state index in [4.69, 9.17) is 9.84 Å². The lowest BCUT2D eigenvalue weighted by molar-refractivity contribution is 0.0733. The van der Waals surface area contributed by atoms with Crippen molar-refractivity contribution in [2.45, 2.75) is 33.2 Å². The molecule has 1 heterocycles. The van der Waals surface area contributed by atoms with Gasteiger partial charge in [-0.2, -0.15) is 5.10 Å². The van der Waals surface area contributed by atoms with Gasteiger partial charge >= 0.3 is 0 Å². The highest BCUT2D eigenvalue weighted by molar-refractivity contribution is 5.94. The maximum atomic E-state index is 13.5. The summed E-state index contributed by atoms with van der Waals surface area (Å²) < 4.78 is 8.31. The highest BCUT2D eigenvalue weighted by Gasteiger charge is 2.30. The Labute approximate surface area is 200 Å². The minimum absolute atomic E-state index is 0.0425. The lowest BCUT2D eigenvalue weighted by Crippen LogP contribution is -2.32. The van der Waals surface area contributed by atoms with E-state index in [2.05, 4.69) is 0 Å². The number of amides is 1. The quantitative estimate of drug-likeness (QED) is 0.314. The molecule has 0 spiro atoms. The normalized spacial score (nSPS) is 13.0. The zero-order valence-electron chi connectivity index (χ0n) is 19.6. The second kappa shape index (κ2) is 9.56. The molecule has 1 aromatic heterocycles. The van der Waals surface area contributed by atoms with Gasteiger partial charge in [-0.3, -0.25) is 4.79 Å². The summed E-state index contributed by atoms with van der Waals surface area (Å²) in [7, 11) is 0. The van der Waals surface area contributed by atoms with Gasteiger partial charge in [-0.25, -0.2) is 4.68 Å². The molecule has 172 valence electrons. The van der Waals surface area contributed by atoms with Crippen molar-refractivity contribution in [1.29, 1.82) is 0 Å². The number of carbonyl (C=O) groups excluding carboxylic acids is 1. The molecule has 1 amide bonds. The minimum Gasteiger partial charge on any atom is -0.439 e. The van der Waals surface area contributed by atoms with Crippen LogP contribution in [0.4, 0.5) is 0 Å². The van der Waals surface area contributed by atoms with E-state index >= 15 is 0 Å². The number of nitrogens with zero attached hydrogens (tertiary/aromatic N) is 3. The van der Waals surface area contributed by atoms with Gasteiger partial charge < -0.3 is 9.64 Å². The first kappa shape index (κ1) is 22.0. The Hall–Kier alpha value is -3.86. The van der Waals surface area contributed by atoms with Crippen LogP contribution in [0.1, 0.15) is 40.0 Å². The first-order chi connectivity index (χ1) is 16.6. The molecule has 5 heteroatoms. The summed E-state index contributed by atoms with van der Waals surface area (Å²) in [5.41, 5.74) is 4.53. The Balaban J connectivity index is 1.55. The lowest BCUT2D eigenvalue weighted by atomic mass is 10.1. The van der Waals surface area contributed by atoms with Crippen molar-refractivity contribution in [3.8, 4) is 17.3 Å². The third-order valence-corrected chi connectivity index (χ3v) is 6.17. The Bertz CT molecular complexity index is 1280. The fourth-order valence-corrected chi connectivity index (χ4v) is 4.15. The van der Waals surface area contributed by atoms with Gasteiger partial charge in [0.1, 0.15) is 5.75 Å². The van der Waals surface area contributed by atoms with Crippen molar-refractivity contribution >= 4 is 5.91 Å². The monoisotopic (exact) mass is 451 g/mol. The summed E-state index contributed by atoms with van der Waals surface area (Å²) >= 11 is 0. The molecule has 0 atom stereocenters. The molecular formula is C29H29N3O2. The third-order valence-electron chi connectivity index (χ3n) is 6.17. The number of carbonyl (C=O) groups is 1. The van der Waals surface area contributed by atoms with Gasteiger partial charge in [-0.1, -0.05) is 48.5 Å². The standard InChI is InChI=1S/C29H29N3O2/c1-21-10-9-15-26(18-21)34-29-27(22(2)30-32(29)25-13-7-4-8-14-25)20-31(19-23-16-17-23)28(33)24-11-5-3-6-12-24/h3-15,18,23H,16-17,19-20H2,1-2H3. The van der Waals surface area contributed by atoms with Gasteiger partial charge in [0.15, 0.2) is 0 Å². The predicted molar refractivity (Wildman–Crippen MR) is 133 cm³/mol. The number of aromatic nitrogens is 2. The van der Waals surface area contributed by atoms with E-state index in [0.717, 1.165) is 34.8 Å². The Morgan fingerprint density at radius 1 is 0.971 bits per heavy atom. The molecular weight excluding hydrogens is 422 g/mol. The van der Waals surface area contributed by atoms with E-state index in [-0.39, 0.29) is 5.91 Å². The summed E-state index contributed by atoms with van der Waals surface area (Å²) in [6.07, 6.45) is 2.35. The van der Waals surface area contributed by atoms with Crippen LogP contribution in [0.2, 0.25) is 0 Å². The lowest BCUT2D eigenvalue weighted by Gasteiger charge is -2.23. The molecule has 5 nitrogen and oxygen atoms in total. The van der Waals surface area contributed by atoms with Crippen LogP contribution in [0.15, 0.2) is 84.9 Å². The van der Waals surface area contributed by atoms with E-state index in [9.17, 15) is 4.79 Å². The smallest absolute Gasteiger partial charge is 0.254 e. The number of rotatable bonds is 8. The maximum absolute atomic E-state index is 13.5. The predicted octanol–water partition coefficient (Wildman–Crippen LogP) is 6.33. The van der Waals surface area contributed by atoms with Crippen LogP contribution >= 0.6 is 0 Å². The van der Waals surface area contributed by atoms with Crippen molar-refractivity contribution in [1.82, 2.24) is 14.7 Å². The van der Waals surface area contributed by atoms with Crippen LogP contribution < -0.4 is 4.74 Å². The summed E-state index contributed by atoms with van der Waals surface area (Å²) in [4.78, 5) is 15.4. The highest BCUT2D eigenvalue weighted by Crippen LogP contribution is 2.35. The molecule has 0 aliphatic heterocycles. The van der Waals surface area contributed by atoms with Gasteiger partial charge in [0, 0.05) is 12.1 Å². The van der Waals surface area contributed by atoms with Gasteiger partial charge in [-0.15, -0.1) is 0 Å². The summed E-state index contributed by atoms with van der Waals surface area (Å²) in [6.45, 7) is 5.22. The molecule has 1 fully saturated rings. The molecule has 0 radical (unpaired) electrons. The molecule has 1 aliphatic carbocycles. The molecule has 0 unspecified atom stereocenters. The molecule has 5 rings (SSSR count). The number of para-hydroxylation sites is 1. The molecule has 4 aromatic rings. The fourth-order valence-electron chi connectivity index (χ4n) is 4.15. The molecule has 1 aliphatic rings. The number of aryl methyl sites for hydroxylation is 2. The van der Waals surface area contributed by atoms with Crippen molar-refractivity contribution in [2.75, 3.05) is 6.54 Å². The van der Waals surface area contributed by atoms with Gasteiger partial charge in [-0.05, 0) is 74.6 Å². The van der Waals surface area contributed by atoms with Crippen LogP contribution in [0.5, 0.6) is 11.6 Å². The minimum atomic E-state index is 0.0425. The van der Waals surface area contributed by atoms with E-state index in [1.165, 1.54) is 12.8 Å². The second-order valence-electron chi connectivity index (χ2n) is 9.03. The highest BCUT2D eigenvalue weighted by atomic mass is 16.5. The van der Waals surface area contributed by atoms with E-state index in [0.29, 0.717) is 23.9 Å². The van der Waals surface area contributed by atoms with Crippen LogP contribution in [-0.4, -0.2) is 27.1 Å². The average molecular weight is 452 g/mol. The van der Waals surface area contributed by atoms with Crippen LogP contribution in [0, 0.1) is 19.8 Å². The van der Waals surface area contributed by atoms with Crippen molar-refractivity contribution in [3.05, 3.63) is 107 Å². The van der Waals surface area contributed by atoms with Gasteiger partial charge in [0.2, 0.25) is 5.88 Å². The largest absolute Gasteiger partial charge is 0.439 e. The van der Waals surface area contributed by atoms with Crippen molar-refractivity contribution in [3.63, 3.8) is 0 Å². The molecule has 3 aromatic carbocycles.